The van der Waals surface area contributed by atoms with Crippen molar-refractivity contribution >= 4 is 0 Å². The first-order valence-electron chi connectivity index (χ1n) is 5.70. The van der Waals surface area contributed by atoms with Crippen molar-refractivity contribution in [1.82, 2.24) is 4.90 Å². The normalized spacial score (nSPS) is 12.8. The predicted octanol–water partition coefficient (Wildman–Crippen LogP) is 1.65. The van der Waals surface area contributed by atoms with Gasteiger partial charge in [0.25, 0.3) is 0 Å². The van der Waals surface area contributed by atoms with Crippen LogP contribution in [0.15, 0.2) is 24.3 Å². The number of rotatable bonds is 6. The zero-order chi connectivity index (χ0) is 12.0. The lowest BCUT2D eigenvalue weighted by Gasteiger charge is -2.24. The highest BCUT2D eigenvalue weighted by Crippen LogP contribution is 2.16. The lowest BCUT2D eigenvalue weighted by Crippen LogP contribution is -2.35. The fraction of sp³-hybridized carbons (Fsp3) is 0.538. The Bertz CT molecular complexity index is 313. The molecule has 0 aliphatic heterocycles. The van der Waals surface area contributed by atoms with Gasteiger partial charge in [-0.1, -0.05) is 18.2 Å². The van der Waals surface area contributed by atoms with Crippen LogP contribution >= 0.6 is 0 Å². The van der Waals surface area contributed by atoms with E-state index in [4.69, 9.17) is 10.5 Å². The van der Waals surface area contributed by atoms with Crippen molar-refractivity contribution in [3.63, 3.8) is 0 Å². The fourth-order valence-electron chi connectivity index (χ4n) is 1.59. The summed E-state index contributed by atoms with van der Waals surface area (Å²) >= 11 is 0. The van der Waals surface area contributed by atoms with Gasteiger partial charge in [-0.15, -0.1) is 0 Å². The van der Waals surface area contributed by atoms with E-state index in [1.807, 2.05) is 18.2 Å². The lowest BCUT2D eigenvalue weighted by molar-refractivity contribution is 0.178. The molecule has 0 amide bonds. The molecule has 0 saturated heterocycles. The molecule has 90 valence electrons. The third-order valence-electron chi connectivity index (χ3n) is 2.76. The van der Waals surface area contributed by atoms with E-state index >= 15 is 0 Å². The summed E-state index contributed by atoms with van der Waals surface area (Å²) in [6.45, 7) is 3.44. The molecule has 0 spiro atoms. The molecule has 1 atom stereocenters. The summed E-state index contributed by atoms with van der Waals surface area (Å²) in [7, 11) is 4.11. The number of nitrogens with two attached hydrogens (primary N) is 1. The van der Waals surface area contributed by atoms with Crippen LogP contribution in [0.2, 0.25) is 0 Å². The quantitative estimate of drug-likeness (QED) is 0.795. The standard InChI is InChI=1S/C13H22N2O/c1-11-6-4-5-7-13(11)16-10-12(8-9-14)15(2)3/h4-7,12H,8-10,14H2,1-3H3. The number of nitrogens with zero attached hydrogens (tertiary/aromatic N) is 1. The molecule has 0 saturated carbocycles. The number of aryl methyl sites for hydroxylation is 1. The minimum absolute atomic E-state index is 0.379. The second-order valence-electron chi connectivity index (χ2n) is 4.27. The summed E-state index contributed by atoms with van der Waals surface area (Å²) in [6.07, 6.45) is 0.957. The maximum Gasteiger partial charge on any atom is 0.122 e. The minimum Gasteiger partial charge on any atom is -0.492 e. The molecule has 2 N–H and O–H groups in total. The Kier molecular flexibility index (Phi) is 5.29. The first kappa shape index (κ1) is 13.0. The Morgan fingerprint density at radius 2 is 2.00 bits per heavy atom. The summed E-state index contributed by atoms with van der Waals surface area (Å²) in [6, 6.07) is 8.46. The molecule has 1 rings (SSSR count). The summed E-state index contributed by atoms with van der Waals surface area (Å²) in [5.41, 5.74) is 6.76. The average molecular weight is 222 g/mol. The van der Waals surface area contributed by atoms with Crippen LogP contribution in [-0.2, 0) is 0 Å². The zero-order valence-electron chi connectivity index (χ0n) is 10.4. The lowest BCUT2D eigenvalue weighted by atomic mass is 10.2. The highest BCUT2D eigenvalue weighted by molar-refractivity contribution is 5.31. The molecule has 0 aromatic heterocycles. The first-order valence-corrected chi connectivity index (χ1v) is 5.70. The summed E-state index contributed by atoms with van der Waals surface area (Å²) in [5, 5.41) is 0. The van der Waals surface area contributed by atoms with Gasteiger partial charge in [-0.25, -0.2) is 0 Å². The van der Waals surface area contributed by atoms with E-state index in [2.05, 4.69) is 32.0 Å². The van der Waals surface area contributed by atoms with Gasteiger partial charge in [-0.2, -0.15) is 0 Å². The maximum absolute atomic E-state index is 5.82. The Morgan fingerprint density at radius 1 is 1.31 bits per heavy atom. The number of ether oxygens (including phenoxy) is 1. The number of benzene rings is 1. The Labute approximate surface area is 98.2 Å². The van der Waals surface area contributed by atoms with Gasteiger partial charge >= 0.3 is 0 Å². The third kappa shape index (κ3) is 3.83. The van der Waals surface area contributed by atoms with Crippen LogP contribution in [0, 0.1) is 6.92 Å². The molecule has 1 unspecified atom stereocenters. The van der Waals surface area contributed by atoms with Crippen LogP contribution in [0.3, 0.4) is 0 Å². The van der Waals surface area contributed by atoms with Gasteiger partial charge in [0.1, 0.15) is 12.4 Å². The Hall–Kier alpha value is -1.06. The largest absolute Gasteiger partial charge is 0.492 e. The molecular weight excluding hydrogens is 200 g/mol. The van der Waals surface area contributed by atoms with E-state index in [0.717, 1.165) is 12.2 Å². The van der Waals surface area contributed by atoms with Gasteiger partial charge in [-0.3, -0.25) is 0 Å². The zero-order valence-corrected chi connectivity index (χ0v) is 10.4. The SMILES string of the molecule is Cc1ccccc1OCC(CCN)N(C)C. The average Bonchev–Trinajstić information content (AvgIpc) is 2.26. The van der Waals surface area contributed by atoms with Crippen LogP contribution in [0.25, 0.3) is 0 Å². The highest BCUT2D eigenvalue weighted by Gasteiger charge is 2.11. The Balaban J connectivity index is 2.52. The van der Waals surface area contributed by atoms with E-state index in [-0.39, 0.29) is 0 Å². The molecule has 3 heteroatoms. The smallest absolute Gasteiger partial charge is 0.122 e. The van der Waals surface area contributed by atoms with Crippen molar-refractivity contribution < 1.29 is 4.74 Å². The van der Waals surface area contributed by atoms with Crippen LogP contribution in [0.4, 0.5) is 0 Å². The molecule has 0 aliphatic rings. The van der Waals surface area contributed by atoms with Crippen molar-refractivity contribution in [1.29, 1.82) is 0 Å². The van der Waals surface area contributed by atoms with Gasteiger partial charge < -0.3 is 15.4 Å². The third-order valence-corrected chi connectivity index (χ3v) is 2.76. The molecule has 0 radical (unpaired) electrons. The van der Waals surface area contributed by atoms with E-state index in [1.165, 1.54) is 5.56 Å². The van der Waals surface area contributed by atoms with Gasteiger partial charge in [0.05, 0.1) is 0 Å². The molecule has 0 bridgehead atoms. The van der Waals surface area contributed by atoms with E-state index in [1.54, 1.807) is 0 Å². The van der Waals surface area contributed by atoms with Crippen molar-refractivity contribution in [2.75, 3.05) is 27.2 Å². The Morgan fingerprint density at radius 3 is 2.56 bits per heavy atom. The summed E-state index contributed by atoms with van der Waals surface area (Å²) in [4.78, 5) is 2.16. The maximum atomic E-state index is 5.82. The molecule has 3 nitrogen and oxygen atoms in total. The molecule has 1 aromatic rings. The van der Waals surface area contributed by atoms with E-state index in [0.29, 0.717) is 19.2 Å². The molecular formula is C13H22N2O. The van der Waals surface area contributed by atoms with Gasteiger partial charge in [0.2, 0.25) is 0 Å². The van der Waals surface area contributed by atoms with Crippen molar-refractivity contribution in [2.45, 2.75) is 19.4 Å². The predicted molar refractivity (Wildman–Crippen MR) is 67.8 cm³/mol. The van der Waals surface area contributed by atoms with Crippen LogP contribution in [0.1, 0.15) is 12.0 Å². The molecule has 0 fully saturated rings. The van der Waals surface area contributed by atoms with Crippen molar-refractivity contribution in [2.24, 2.45) is 5.73 Å². The van der Waals surface area contributed by atoms with Crippen LogP contribution in [-0.4, -0.2) is 38.2 Å². The second-order valence-corrected chi connectivity index (χ2v) is 4.27. The van der Waals surface area contributed by atoms with Crippen LogP contribution in [0.5, 0.6) is 5.75 Å². The fourth-order valence-corrected chi connectivity index (χ4v) is 1.59. The molecule has 0 aliphatic carbocycles. The molecule has 1 aromatic carbocycles. The summed E-state index contributed by atoms with van der Waals surface area (Å²) in [5.74, 6) is 0.964. The minimum atomic E-state index is 0.379. The molecule has 0 heterocycles. The highest BCUT2D eigenvalue weighted by atomic mass is 16.5. The van der Waals surface area contributed by atoms with E-state index in [9.17, 15) is 0 Å². The monoisotopic (exact) mass is 222 g/mol. The first-order chi connectivity index (χ1) is 7.65. The van der Waals surface area contributed by atoms with E-state index < -0.39 is 0 Å². The number of para-hydroxylation sites is 1. The number of hydrogen-bond acceptors (Lipinski definition) is 3. The topological polar surface area (TPSA) is 38.5 Å². The number of hydrogen-bond donors (Lipinski definition) is 1. The van der Waals surface area contributed by atoms with Gasteiger partial charge in [-0.05, 0) is 45.6 Å². The van der Waals surface area contributed by atoms with Gasteiger partial charge in [0.15, 0.2) is 0 Å². The molecule has 16 heavy (non-hydrogen) atoms. The van der Waals surface area contributed by atoms with Crippen molar-refractivity contribution in [3.05, 3.63) is 29.8 Å². The van der Waals surface area contributed by atoms with Crippen molar-refractivity contribution in [3.8, 4) is 5.75 Å². The second kappa shape index (κ2) is 6.51. The van der Waals surface area contributed by atoms with Crippen LogP contribution < -0.4 is 10.5 Å². The number of likely N-dealkylation sites (N-methyl/N-ethyl adjacent to an activating group) is 1. The van der Waals surface area contributed by atoms with Gasteiger partial charge in [0, 0.05) is 6.04 Å². The summed E-state index contributed by atoms with van der Waals surface area (Å²) < 4.78 is 5.82.